The van der Waals surface area contributed by atoms with Crippen LogP contribution in [0.4, 0.5) is 0 Å². The van der Waals surface area contributed by atoms with Crippen molar-refractivity contribution < 1.29 is 9.53 Å². The number of benzene rings is 3. The predicted molar refractivity (Wildman–Crippen MR) is 163 cm³/mol. The van der Waals surface area contributed by atoms with Crippen LogP contribution in [0.25, 0.3) is 16.6 Å². The number of hydrogen-bond acceptors (Lipinski definition) is 6. The van der Waals surface area contributed by atoms with Gasteiger partial charge in [0.1, 0.15) is 17.6 Å². The molecule has 0 fully saturated rings. The largest absolute Gasteiger partial charge is 0.497 e. The van der Waals surface area contributed by atoms with Gasteiger partial charge in [-0.05, 0) is 77.3 Å². The van der Waals surface area contributed by atoms with Gasteiger partial charge in [0.2, 0.25) is 5.91 Å². The number of methoxy groups -OCH3 is 1. The molecule has 0 saturated carbocycles. The summed E-state index contributed by atoms with van der Waals surface area (Å²) in [6.07, 6.45) is 2.59. The SMILES string of the molecule is COc1ccc2c(c1)C(c1ccc(Cl)cc1)=N[C@@H](CC(=O)NCCc1ccc3cc(Br)cnc3c1)c1nnc(C)n1-2. The van der Waals surface area contributed by atoms with Gasteiger partial charge in [-0.15, -0.1) is 10.2 Å². The van der Waals surface area contributed by atoms with E-state index in [1.165, 1.54) is 0 Å². The van der Waals surface area contributed by atoms with Crippen LogP contribution < -0.4 is 10.1 Å². The van der Waals surface area contributed by atoms with Crippen LogP contribution in [-0.4, -0.2) is 45.0 Å². The number of amides is 1. The molecule has 41 heavy (non-hydrogen) atoms. The molecule has 3 heterocycles. The lowest BCUT2D eigenvalue weighted by molar-refractivity contribution is -0.121. The number of ether oxygens (including phenoxy) is 1. The Morgan fingerprint density at radius 3 is 2.71 bits per heavy atom. The number of halogens is 2. The van der Waals surface area contributed by atoms with Crippen molar-refractivity contribution in [3.05, 3.63) is 111 Å². The fourth-order valence-corrected chi connectivity index (χ4v) is 5.54. The maximum absolute atomic E-state index is 13.2. The quantitative estimate of drug-likeness (QED) is 0.232. The molecule has 3 aromatic carbocycles. The van der Waals surface area contributed by atoms with E-state index >= 15 is 0 Å². The normalized spacial score (nSPS) is 14.1. The zero-order chi connectivity index (χ0) is 28.5. The van der Waals surface area contributed by atoms with Gasteiger partial charge in [-0.25, -0.2) is 0 Å². The van der Waals surface area contributed by atoms with E-state index in [1.807, 2.05) is 66.1 Å². The molecule has 1 atom stereocenters. The summed E-state index contributed by atoms with van der Waals surface area (Å²) in [7, 11) is 1.63. The van der Waals surface area contributed by atoms with Gasteiger partial charge in [0, 0.05) is 38.8 Å². The second-order valence-corrected chi connectivity index (χ2v) is 11.2. The lowest BCUT2D eigenvalue weighted by atomic mass is 10.00. The third kappa shape index (κ3) is 5.60. The molecule has 1 amide bonds. The van der Waals surface area contributed by atoms with E-state index in [4.69, 9.17) is 21.3 Å². The third-order valence-corrected chi connectivity index (χ3v) is 7.77. The van der Waals surface area contributed by atoms with Crippen molar-refractivity contribution in [1.29, 1.82) is 0 Å². The van der Waals surface area contributed by atoms with Crippen LogP contribution in [-0.2, 0) is 11.2 Å². The van der Waals surface area contributed by atoms with Crippen molar-refractivity contribution in [2.24, 2.45) is 4.99 Å². The minimum atomic E-state index is -0.552. The molecule has 5 aromatic rings. The number of rotatable bonds is 7. The first kappa shape index (κ1) is 27.1. The fraction of sp³-hybridized carbons (Fsp3) is 0.194. The summed E-state index contributed by atoms with van der Waals surface area (Å²) in [6, 6.07) is 21.0. The summed E-state index contributed by atoms with van der Waals surface area (Å²) >= 11 is 9.65. The first-order chi connectivity index (χ1) is 19.9. The van der Waals surface area contributed by atoms with Gasteiger partial charge in [0.15, 0.2) is 5.82 Å². The van der Waals surface area contributed by atoms with Crippen molar-refractivity contribution in [2.45, 2.75) is 25.8 Å². The molecule has 0 unspecified atom stereocenters. The molecule has 1 N–H and O–H groups in total. The summed E-state index contributed by atoms with van der Waals surface area (Å²) in [5.74, 6) is 1.90. The van der Waals surface area contributed by atoms with Crippen LogP contribution in [0, 0.1) is 6.92 Å². The molecular weight excluding hydrogens is 604 g/mol. The summed E-state index contributed by atoms with van der Waals surface area (Å²) < 4.78 is 8.45. The zero-order valence-corrected chi connectivity index (χ0v) is 24.8. The van der Waals surface area contributed by atoms with Gasteiger partial charge in [-0.2, -0.15) is 0 Å². The molecule has 0 bridgehead atoms. The van der Waals surface area contributed by atoms with Gasteiger partial charge in [0.25, 0.3) is 0 Å². The fourth-order valence-electron chi connectivity index (χ4n) is 5.07. The molecule has 8 nitrogen and oxygen atoms in total. The Morgan fingerprint density at radius 2 is 1.90 bits per heavy atom. The van der Waals surface area contributed by atoms with Gasteiger partial charge >= 0.3 is 0 Å². The van der Waals surface area contributed by atoms with E-state index in [9.17, 15) is 4.79 Å². The third-order valence-electron chi connectivity index (χ3n) is 7.08. The lowest BCUT2D eigenvalue weighted by Crippen LogP contribution is -2.27. The van der Waals surface area contributed by atoms with Crippen molar-refractivity contribution in [1.82, 2.24) is 25.1 Å². The highest BCUT2D eigenvalue weighted by molar-refractivity contribution is 9.10. The minimum Gasteiger partial charge on any atom is -0.497 e. The van der Waals surface area contributed by atoms with E-state index < -0.39 is 6.04 Å². The Hall–Kier alpha value is -4.08. The summed E-state index contributed by atoms with van der Waals surface area (Å²) in [6.45, 7) is 2.39. The molecule has 1 aliphatic rings. The maximum atomic E-state index is 13.2. The Bertz CT molecular complexity index is 1800. The second kappa shape index (κ2) is 11.4. The van der Waals surface area contributed by atoms with Crippen LogP contribution in [0.5, 0.6) is 5.75 Å². The molecule has 0 aliphatic carbocycles. The van der Waals surface area contributed by atoms with Crippen LogP contribution in [0.3, 0.4) is 0 Å². The Balaban J connectivity index is 1.27. The first-order valence-corrected chi connectivity index (χ1v) is 14.3. The van der Waals surface area contributed by atoms with Crippen LogP contribution in [0.2, 0.25) is 5.02 Å². The van der Waals surface area contributed by atoms with E-state index in [0.717, 1.165) is 43.5 Å². The number of carbonyl (C=O) groups excluding carboxylic acids is 1. The monoisotopic (exact) mass is 628 g/mol. The van der Waals surface area contributed by atoms with E-state index in [1.54, 1.807) is 13.3 Å². The average Bonchev–Trinajstić information content (AvgIpc) is 3.30. The topological polar surface area (TPSA) is 94.3 Å². The first-order valence-electron chi connectivity index (χ1n) is 13.1. The van der Waals surface area contributed by atoms with E-state index in [-0.39, 0.29) is 12.3 Å². The van der Waals surface area contributed by atoms with Crippen LogP contribution >= 0.6 is 27.5 Å². The Morgan fingerprint density at radius 1 is 1.07 bits per heavy atom. The van der Waals surface area contributed by atoms with E-state index in [0.29, 0.717) is 35.4 Å². The van der Waals surface area contributed by atoms with Crippen molar-refractivity contribution >= 4 is 50.1 Å². The number of carbonyl (C=O) groups is 1. The number of fused-ring (bicyclic) bond motifs is 4. The summed E-state index contributed by atoms with van der Waals surface area (Å²) in [5.41, 5.74) is 5.36. The highest BCUT2D eigenvalue weighted by atomic mass is 79.9. The zero-order valence-electron chi connectivity index (χ0n) is 22.4. The molecule has 6 rings (SSSR count). The smallest absolute Gasteiger partial charge is 0.222 e. The van der Waals surface area contributed by atoms with Gasteiger partial charge in [0.05, 0.1) is 30.4 Å². The van der Waals surface area contributed by atoms with Crippen molar-refractivity contribution in [3.8, 4) is 11.4 Å². The number of hydrogen-bond donors (Lipinski definition) is 1. The predicted octanol–water partition coefficient (Wildman–Crippen LogP) is 6.19. The average molecular weight is 630 g/mol. The van der Waals surface area contributed by atoms with Crippen LogP contribution in [0.15, 0.2) is 82.4 Å². The highest BCUT2D eigenvalue weighted by Gasteiger charge is 2.30. The molecule has 0 radical (unpaired) electrons. The number of pyridine rings is 1. The Kier molecular flexibility index (Phi) is 7.55. The number of nitrogens with one attached hydrogen (secondary N) is 1. The standard InChI is InChI=1S/C31H26BrClN6O2/c1-18-37-38-31-27(16-29(40)34-12-11-19-3-4-21-14-22(32)17-35-26(21)13-19)36-30(20-5-7-23(33)8-6-20)25-15-24(41-2)9-10-28(25)39(18)31/h3-10,13-15,17,27H,11-12,16H2,1-2H3,(H,34,40)/t27-/m0/s1. The number of aliphatic imine (C=N–C) groups is 1. The molecule has 0 spiro atoms. The minimum absolute atomic E-state index is 0.118. The summed E-state index contributed by atoms with van der Waals surface area (Å²) in [5, 5.41) is 13.6. The van der Waals surface area contributed by atoms with E-state index in [2.05, 4.69) is 48.6 Å². The molecule has 206 valence electrons. The molecule has 10 heteroatoms. The highest BCUT2D eigenvalue weighted by Crippen LogP contribution is 2.34. The lowest BCUT2D eigenvalue weighted by Gasteiger charge is -2.14. The van der Waals surface area contributed by atoms with Crippen LogP contribution in [0.1, 0.15) is 40.8 Å². The molecular formula is C31H26BrClN6O2. The van der Waals surface area contributed by atoms with Gasteiger partial charge in [-0.3, -0.25) is 19.3 Å². The molecule has 2 aromatic heterocycles. The number of nitrogens with zero attached hydrogens (tertiary/aromatic N) is 5. The molecule has 1 aliphatic heterocycles. The van der Waals surface area contributed by atoms with Crippen molar-refractivity contribution in [3.63, 3.8) is 0 Å². The maximum Gasteiger partial charge on any atom is 0.222 e. The van der Waals surface area contributed by atoms with Crippen molar-refractivity contribution in [2.75, 3.05) is 13.7 Å². The Labute approximate surface area is 250 Å². The number of aromatic nitrogens is 4. The summed E-state index contributed by atoms with van der Waals surface area (Å²) in [4.78, 5) is 22.8. The molecule has 0 saturated heterocycles. The van der Waals surface area contributed by atoms with Gasteiger partial charge < -0.3 is 10.1 Å². The number of aryl methyl sites for hydroxylation is 1. The second-order valence-electron chi connectivity index (χ2n) is 9.81. The van der Waals surface area contributed by atoms with Gasteiger partial charge in [-0.1, -0.05) is 35.9 Å².